The molecule has 0 saturated heterocycles. The molecule has 0 aliphatic rings. The maximum absolute atomic E-state index is 12.5. The molecule has 0 aliphatic heterocycles. The molecule has 1 aromatic carbocycles. The maximum atomic E-state index is 12.5. The van der Waals surface area contributed by atoms with Gasteiger partial charge >= 0.3 is 5.97 Å². The predicted octanol–water partition coefficient (Wildman–Crippen LogP) is 3.23. The lowest BCUT2D eigenvalue weighted by atomic mass is 9.87. The number of furan rings is 1. The van der Waals surface area contributed by atoms with E-state index in [1.807, 2.05) is 24.1 Å². The molecule has 8 nitrogen and oxygen atoms in total. The molecule has 1 aromatic heterocycles. The van der Waals surface area contributed by atoms with Crippen LogP contribution in [0.5, 0.6) is 0 Å². The number of nitrogens with two attached hydrogens (primary N) is 1. The van der Waals surface area contributed by atoms with Gasteiger partial charge in [0.15, 0.2) is 0 Å². The second kappa shape index (κ2) is 9.78. The third kappa shape index (κ3) is 6.18. The van der Waals surface area contributed by atoms with Crippen LogP contribution in [0.4, 0.5) is 5.88 Å². The van der Waals surface area contributed by atoms with Gasteiger partial charge in [0.2, 0.25) is 11.8 Å². The molecule has 8 heteroatoms. The SMILES string of the molecule is CCOC(=O)c1c(C)oc(NC(=O)CN(C)Cc2ccc(C(C)(C)C)cc2)c1C(N)=O. The number of nitrogens with one attached hydrogen (secondary N) is 1. The van der Waals surface area contributed by atoms with E-state index in [0.29, 0.717) is 6.54 Å². The van der Waals surface area contributed by atoms with Gasteiger partial charge in [-0.15, -0.1) is 0 Å². The highest BCUT2D eigenvalue weighted by Crippen LogP contribution is 2.27. The van der Waals surface area contributed by atoms with Gasteiger partial charge in [0, 0.05) is 6.54 Å². The Bertz CT molecular complexity index is 955. The van der Waals surface area contributed by atoms with E-state index in [-0.39, 0.29) is 41.3 Å². The number of nitrogens with zero attached hydrogens (tertiary/aromatic N) is 1. The average molecular weight is 430 g/mol. The van der Waals surface area contributed by atoms with Gasteiger partial charge in [-0.05, 0) is 37.4 Å². The fourth-order valence-corrected chi connectivity index (χ4v) is 3.21. The zero-order chi connectivity index (χ0) is 23.3. The van der Waals surface area contributed by atoms with Crippen molar-refractivity contribution < 1.29 is 23.5 Å². The first-order chi connectivity index (χ1) is 14.4. The number of benzene rings is 1. The van der Waals surface area contributed by atoms with Crippen LogP contribution in [-0.4, -0.2) is 42.9 Å². The van der Waals surface area contributed by atoms with Gasteiger partial charge in [0.25, 0.3) is 5.91 Å². The number of carbonyl (C=O) groups is 3. The molecule has 168 valence electrons. The summed E-state index contributed by atoms with van der Waals surface area (Å²) in [7, 11) is 1.81. The highest BCUT2D eigenvalue weighted by molar-refractivity contribution is 6.10. The average Bonchev–Trinajstić information content (AvgIpc) is 2.97. The number of primary amides is 1. The molecule has 2 amide bonds. The summed E-state index contributed by atoms with van der Waals surface area (Å²) in [4.78, 5) is 38.4. The number of ether oxygens (including phenoxy) is 1. The van der Waals surface area contributed by atoms with E-state index in [2.05, 4.69) is 38.2 Å². The molecule has 0 atom stereocenters. The topological polar surface area (TPSA) is 115 Å². The van der Waals surface area contributed by atoms with Crippen LogP contribution in [0.3, 0.4) is 0 Å². The third-order valence-electron chi connectivity index (χ3n) is 4.75. The van der Waals surface area contributed by atoms with Gasteiger partial charge in [0.1, 0.15) is 16.9 Å². The summed E-state index contributed by atoms with van der Waals surface area (Å²) in [5.74, 6) is -2.02. The lowest BCUT2D eigenvalue weighted by Crippen LogP contribution is -2.30. The van der Waals surface area contributed by atoms with Crippen molar-refractivity contribution in [2.75, 3.05) is 25.5 Å². The largest absolute Gasteiger partial charge is 0.462 e. The molecule has 0 radical (unpaired) electrons. The Morgan fingerprint density at radius 1 is 1.13 bits per heavy atom. The van der Waals surface area contributed by atoms with Crippen LogP contribution in [0.15, 0.2) is 28.7 Å². The lowest BCUT2D eigenvalue weighted by Gasteiger charge is -2.20. The lowest BCUT2D eigenvalue weighted by molar-refractivity contribution is -0.117. The number of aryl methyl sites for hydroxylation is 1. The van der Waals surface area contributed by atoms with E-state index in [0.717, 1.165) is 5.56 Å². The molecule has 0 saturated carbocycles. The van der Waals surface area contributed by atoms with Crippen molar-refractivity contribution in [3.05, 3.63) is 52.3 Å². The Morgan fingerprint density at radius 2 is 1.74 bits per heavy atom. The minimum absolute atomic E-state index is 0.0493. The Labute approximate surface area is 182 Å². The molecule has 2 rings (SSSR count). The molecule has 2 aromatic rings. The molecule has 0 fully saturated rings. The molecule has 0 unspecified atom stereocenters. The second-order valence-corrected chi connectivity index (χ2v) is 8.49. The molecular weight excluding hydrogens is 398 g/mol. The van der Waals surface area contributed by atoms with Gasteiger partial charge in [0.05, 0.1) is 13.2 Å². The summed E-state index contributed by atoms with van der Waals surface area (Å²) in [6.45, 7) is 10.4. The fourth-order valence-electron chi connectivity index (χ4n) is 3.21. The number of likely N-dealkylation sites (N-methyl/N-ethyl adjacent to an activating group) is 1. The van der Waals surface area contributed by atoms with Crippen LogP contribution < -0.4 is 11.1 Å². The number of carbonyl (C=O) groups excluding carboxylic acids is 3. The summed E-state index contributed by atoms with van der Waals surface area (Å²) in [6.07, 6.45) is 0. The molecule has 0 bridgehead atoms. The highest BCUT2D eigenvalue weighted by Gasteiger charge is 2.29. The number of rotatable bonds is 8. The maximum Gasteiger partial charge on any atom is 0.342 e. The zero-order valence-corrected chi connectivity index (χ0v) is 19.0. The normalized spacial score (nSPS) is 11.5. The van der Waals surface area contributed by atoms with Crippen LogP contribution in [-0.2, 0) is 21.5 Å². The second-order valence-electron chi connectivity index (χ2n) is 8.49. The summed E-state index contributed by atoms with van der Waals surface area (Å²) in [6, 6.07) is 8.26. The first kappa shape index (κ1) is 24.1. The van der Waals surface area contributed by atoms with Crippen LogP contribution >= 0.6 is 0 Å². The van der Waals surface area contributed by atoms with E-state index in [4.69, 9.17) is 14.9 Å². The predicted molar refractivity (Wildman–Crippen MR) is 118 cm³/mol. The monoisotopic (exact) mass is 429 g/mol. The zero-order valence-electron chi connectivity index (χ0n) is 19.0. The van der Waals surface area contributed by atoms with Crippen molar-refractivity contribution in [2.24, 2.45) is 5.73 Å². The first-order valence-electron chi connectivity index (χ1n) is 10.1. The van der Waals surface area contributed by atoms with Gasteiger partial charge in [-0.2, -0.15) is 0 Å². The summed E-state index contributed by atoms with van der Waals surface area (Å²) >= 11 is 0. The van der Waals surface area contributed by atoms with E-state index in [1.54, 1.807) is 6.92 Å². The number of hydrogen-bond donors (Lipinski definition) is 2. The van der Waals surface area contributed by atoms with Gasteiger partial charge in [-0.3, -0.25) is 19.8 Å². The molecular formula is C23H31N3O5. The van der Waals surface area contributed by atoms with Crippen molar-refractivity contribution in [1.29, 1.82) is 0 Å². The standard InChI is InChI=1S/C23H31N3O5/c1-7-30-22(29)18-14(2)31-21(19(18)20(24)28)25-17(27)13-26(6)12-15-8-10-16(11-9-15)23(3,4)5/h8-11H,7,12-13H2,1-6H3,(H2,24,28)(H,25,27). The van der Waals surface area contributed by atoms with Crippen LogP contribution in [0, 0.1) is 6.92 Å². The van der Waals surface area contributed by atoms with Crippen molar-refractivity contribution >= 4 is 23.7 Å². The molecule has 3 N–H and O–H groups in total. The summed E-state index contributed by atoms with van der Waals surface area (Å²) < 4.78 is 10.4. The van der Waals surface area contributed by atoms with Crippen LogP contribution in [0.2, 0.25) is 0 Å². The van der Waals surface area contributed by atoms with E-state index < -0.39 is 17.8 Å². The van der Waals surface area contributed by atoms with Crippen molar-refractivity contribution in [3.8, 4) is 0 Å². The highest BCUT2D eigenvalue weighted by atomic mass is 16.5. The Balaban J connectivity index is 2.07. The van der Waals surface area contributed by atoms with E-state index in [1.165, 1.54) is 12.5 Å². The molecule has 0 spiro atoms. The van der Waals surface area contributed by atoms with Crippen LogP contribution in [0.1, 0.15) is 65.3 Å². The number of hydrogen-bond acceptors (Lipinski definition) is 6. The smallest absolute Gasteiger partial charge is 0.342 e. The van der Waals surface area contributed by atoms with Gasteiger partial charge in [-0.1, -0.05) is 45.0 Å². The quantitative estimate of drug-likeness (QED) is 0.623. The molecule has 1 heterocycles. The van der Waals surface area contributed by atoms with Gasteiger partial charge < -0.3 is 14.9 Å². The fraction of sp³-hybridized carbons (Fsp3) is 0.435. The van der Waals surface area contributed by atoms with Crippen molar-refractivity contribution in [1.82, 2.24) is 4.90 Å². The minimum Gasteiger partial charge on any atom is -0.462 e. The van der Waals surface area contributed by atoms with Gasteiger partial charge in [-0.25, -0.2) is 4.79 Å². The Hall–Kier alpha value is -3.13. The number of amides is 2. The Morgan fingerprint density at radius 3 is 2.26 bits per heavy atom. The molecule has 0 aliphatic carbocycles. The third-order valence-corrected chi connectivity index (χ3v) is 4.75. The summed E-state index contributed by atoms with van der Waals surface area (Å²) in [5, 5.41) is 2.54. The first-order valence-corrected chi connectivity index (χ1v) is 10.1. The Kier molecular flexibility index (Phi) is 7.62. The van der Waals surface area contributed by atoms with E-state index >= 15 is 0 Å². The number of esters is 1. The molecule has 31 heavy (non-hydrogen) atoms. The van der Waals surface area contributed by atoms with E-state index in [9.17, 15) is 14.4 Å². The van der Waals surface area contributed by atoms with Crippen molar-refractivity contribution in [2.45, 2.75) is 46.6 Å². The summed E-state index contributed by atoms with van der Waals surface area (Å²) in [5.41, 5.74) is 7.54. The van der Waals surface area contributed by atoms with Crippen LogP contribution in [0.25, 0.3) is 0 Å². The van der Waals surface area contributed by atoms with Crippen molar-refractivity contribution in [3.63, 3.8) is 0 Å². The number of anilines is 1. The minimum atomic E-state index is -0.887.